The van der Waals surface area contributed by atoms with E-state index in [-0.39, 0.29) is 16.7 Å². The lowest BCUT2D eigenvalue weighted by Gasteiger charge is -2.60. The number of anilines is 1. The maximum Gasteiger partial charge on any atom is 0.242 e. The number of aromatic nitrogens is 5. The average molecular weight is 471 g/mol. The number of hydrogen-bond acceptors (Lipinski definition) is 4. The lowest BCUT2D eigenvalue weighted by molar-refractivity contribution is -0.150. The van der Waals surface area contributed by atoms with E-state index in [1.165, 1.54) is 6.42 Å². The Balaban J connectivity index is 1.25. The first kappa shape index (κ1) is 20.2. The summed E-state index contributed by atoms with van der Waals surface area (Å²) in [5, 5.41) is 12.8. The van der Waals surface area contributed by atoms with E-state index >= 15 is 0 Å². The van der Waals surface area contributed by atoms with Gasteiger partial charge in [0.25, 0.3) is 0 Å². The van der Waals surface area contributed by atoms with E-state index in [2.05, 4.69) is 20.5 Å². The van der Waals surface area contributed by atoms with Gasteiger partial charge >= 0.3 is 0 Å². The van der Waals surface area contributed by atoms with Crippen LogP contribution >= 0.6 is 23.2 Å². The van der Waals surface area contributed by atoms with Crippen LogP contribution in [-0.2, 0) is 16.9 Å². The zero-order chi connectivity index (χ0) is 21.9. The van der Waals surface area contributed by atoms with Crippen molar-refractivity contribution < 1.29 is 4.79 Å². The number of amides is 1. The summed E-state index contributed by atoms with van der Waals surface area (Å²) < 4.78 is 3.70. The average Bonchev–Trinajstić information content (AvgIpc) is 3.34. The molecule has 3 aromatic rings. The maximum atomic E-state index is 13.7. The van der Waals surface area contributed by atoms with Gasteiger partial charge < -0.3 is 5.32 Å². The minimum Gasteiger partial charge on any atom is -0.307 e. The van der Waals surface area contributed by atoms with Crippen LogP contribution < -0.4 is 5.32 Å². The molecule has 4 aliphatic carbocycles. The Hall–Kier alpha value is -2.38. The van der Waals surface area contributed by atoms with Crippen LogP contribution in [0.1, 0.15) is 44.1 Å². The van der Waals surface area contributed by atoms with Gasteiger partial charge in [0.15, 0.2) is 5.82 Å². The fraction of sp³-hybridized carbons (Fsp3) is 0.478. The quantitative estimate of drug-likeness (QED) is 0.582. The Kier molecular flexibility index (Phi) is 4.63. The minimum absolute atomic E-state index is 0.0223. The van der Waals surface area contributed by atoms with E-state index in [0.29, 0.717) is 29.2 Å². The molecule has 4 bridgehead atoms. The molecular weight excluding hydrogens is 447 g/mol. The molecule has 1 aromatic carbocycles. The Morgan fingerprint density at radius 3 is 2.53 bits per heavy atom. The van der Waals surface area contributed by atoms with Gasteiger partial charge in [-0.1, -0.05) is 41.9 Å². The van der Waals surface area contributed by atoms with E-state index in [4.69, 9.17) is 23.2 Å². The molecule has 166 valence electrons. The molecule has 7 nitrogen and oxygen atoms in total. The topological polar surface area (TPSA) is 77.6 Å². The number of benzene rings is 1. The first-order chi connectivity index (χ1) is 15.4. The van der Waals surface area contributed by atoms with Gasteiger partial charge in [0.05, 0.1) is 17.5 Å². The number of rotatable bonds is 5. The highest BCUT2D eigenvalue weighted by Gasteiger charge is 2.61. The molecule has 9 heteroatoms. The molecule has 4 saturated carbocycles. The molecule has 0 spiro atoms. The van der Waals surface area contributed by atoms with Gasteiger partial charge in [-0.25, -0.2) is 9.67 Å². The van der Waals surface area contributed by atoms with Crippen LogP contribution in [0.3, 0.4) is 0 Å². The van der Waals surface area contributed by atoms with Gasteiger partial charge in [0.1, 0.15) is 11.3 Å². The van der Waals surface area contributed by atoms with E-state index in [9.17, 15) is 4.79 Å². The number of carbonyl (C=O) groups excluding carboxylic acids is 1. The van der Waals surface area contributed by atoms with E-state index in [0.717, 1.165) is 37.7 Å². The highest BCUT2D eigenvalue weighted by atomic mass is 35.5. The Morgan fingerprint density at radius 1 is 1.09 bits per heavy atom. The number of hydrogen-bond donors (Lipinski definition) is 1. The van der Waals surface area contributed by atoms with Crippen molar-refractivity contribution >= 4 is 34.9 Å². The van der Waals surface area contributed by atoms with Crippen molar-refractivity contribution in [1.29, 1.82) is 0 Å². The summed E-state index contributed by atoms with van der Waals surface area (Å²) in [6, 6.07) is 10.1. The summed E-state index contributed by atoms with van der Waals surface area (Å²) in [5.41, 5.74) is 0.506. The van der Waals surface area contributed by atoms with Crippen molar-refractivity contribution in [3.8, 4) is 0 Å². The van der Waals surface area contributed by atoms with Gasteiger partial charge in [-0.3, -0.25) is 9.48 Å². The standard InChI is InChI=1S/C23H24Cl2N6O/c24-18-12-30(11-15-4-2-1-3-5-15)28-19(18)27-20(32)22-7-16-6-17(8-22)10-23(9-16,13-22)31-14-26-21(25)29-31/h1-5,12,14,16-17H,6-11,13H2,(H,27,28,32). The number of carbonyl (C=O) groups is 1. The lowest BCUT2D eigenvalue weighted by Crippen LogP contribution is -2.60. The number of nitrogens with zero attached hydrogens (tertiary/aromatic N) is 5. The summed E-state index contributed by atoms with van der Waals surface area (Å²) >= 11 is 12.5. The second-order valence-electron chi connectivity index (χ2n) is 9.89. The highest BCUT2D eigenvalue weighted by Crippen LogP contribution is 2.64. The first-order valence-electron chi connectivity index (χ1n) is 11.1. The van der Waals surface area contributed by atoms with E-state index in [1.54, 1.807) is 17.2 Å². The molecule has 32 heavy (non-hydrogen) atoms. The third-order valence-corrected chi connectivity index (χ3v) is 8.05. The zero-order valence-corrected chi connectivity index (χ0v) is 19.1. The van der Waals surface area contributed by atoms with Gasteiger partial charge in [-0.15, -0.1) is 5.10 Å². The Labute approximate surface area is 196 Å². The molecule has 0 saturated heterocycles. The van der Waals surface area contributed by atoms with E-state index < -0.39 is 5.41 Å². The summed E-state index contributed by atoms with van der Waals surface area (Å²) in [5.74, 6) is 1.47. The second kappa shape index (κ2) is 7.32. The summed E-state index contributed by atoms with van der Waals surface area (Å²) in [6.45, 7) is 0.599. The maximum absolute atomic E-state index is 13.7. The molecule has 2 unspecified atom stereocenters. The van der Waals surface area contributed by atoms with Crippen LogP contribution in [-0.4, -0.2) is 30.5 Å². The first-order valence-corrected chi connectivity index (χ1v) is 11.8. The molecule has 2 atom stereocenters. The normalized spacial score (nSPS) is 30.6. The van der Waals surface area contributed by atoms with Crippen LogP contribution in [0.4, 0.5) is 5.82 Å². The van der Waals surface area contributed by atoms with Crippen molar-refractivity contribution in [3.63, 3.8) is 0 Å². The minimum atomic E-state index is -0.435. The van der Waals surface area contributed by atoms with Crippen molar-refractivity contribution in [2.45, 2.75) is 50.6 Å². The van der Waals surface area contributed by atoms with Gasteiger partial charge in [0, 0.05) is 6.20 Å². The molecule has 1 amide bonds. The predicted octanol–water partition coefficient (Wildman–Crippen LogP) is 4.76. The molecule has 2 aromatic heterocycles. The number of halogens is 2. The summed E-state index contributed by atoms with van der Waals surface area (Å²) in [6.07, 6.45) is 9.30. The fourth-order valence-corrected chi connectivity index (χ4v) is 7.12. The molecule has 7 rings (SSSR count). The largest absolute Gasteiger partial charge is 0.307 e. The number of nitrogens with one attached hydrogen (secondary N) is 1. The third-order valence-electron chi connectivity index (χ3n) is 7.60. The van der Waals surface area contributed by atoms with Crippen LogP contribution in [0.2, 0.25) is 10.3 Å². The molecule has 1 N–H and O–H groups in total. The second-order valence-corrected chi connectivity index (χ2v) is 10.6. The van der Waals surface area contributed by atoms with Crippen LogP contribution in [0, 0.1) is 17.3 Å². The molecular formula is C23H24Cl2N6O. The molecule has 0 aliphatic heterocycles. The van der Waals surface area contributed by atoms with Gasteiger partial charge in [-0.05, 0) is 67.5 Å². The van der Waals surface area contributed by atoms with Crippen molar-refractivity contribution in [1.82, 2.24) is 24.5 Å². The molecule has 4 fully saturated rings. The van der Waals surface area contributed by atoms with Crippen LogP contribution in [0.15, 0.2) is 42.9 Å². The highest BCUT2D eigenvalue weighted by molar-refractivity contribution is 6.33. The van der Waals surface area contributed by atoms with Gasteiger partial charge in [0.2, 0.25) is 11.2 Å². The predicted molar refractivity (Wildman–Crippen MR) is 122 cm³/mol. The van der Waals surface area contributed by atoms with Crippen LogP contribution in [0.5, 0.6) is 0 Å². The SMILES string of the molecule is O=C(Nc1nn(Cc2ccccc2)cc1Cl)C12CC3CC(C1)CC(n1cnc(Cl)n1)(C3)C2. The molecule has 4 aliphatic rings. The fourth-order valence-electron chi connectivity index (χ4n) is 6.79. The monoisotopic (exact) mass is 470 g/mol. The lowest BCUT2D eigenvalue weighted by atomic mass is 9.46. The summed E-state index contributed by atoms with van der Waals surface area (Å²) in [4.78, 5) is 17.8. The molecule has 2 heterocycles. The third kappa shape index (κ3) is 3.33. The van der Waals surface area contributed by atoms with Crippen molar-refractivity contribution in [2.75, 3.05) is 5.32 Å². The smallest absolute Gasteiger partial charge is 0.242 e. The summed E-state index contributed by atoms with van der Waals surface area (Å²) in [7, 11) is 0. The Morgan fingerprint density at radius 2 is 1.84 bits per heavy atom. The zero-order valence-electron chi connectivity index (χ0n) is 17.5. The Bertz CT molecular complexity index is 1160. The van der Waals surface area contributed by atoms with Gasteiger partial charge in [-0.2, -0.15) is 5.10 Å². The van der Waals surface area contributed by atoms with Crippen molar-refractivity contribution in [3.05, 3.63) is 58.7 Å². The molecule has 0 radical (unpaired) electrons. The van der Waals surface area contributed by atoms with E-state index in [1.807, 2.05) is 35.0 Å². The van der Waals surface area contributed by atoms with Crippen molar-refractivity contribution in [2.24, 2.45) is 17.3 Å². The van der Waals surface area contributed by atoms with Crippen LogP contribution in [0.25, 0.3) is 0 Å².